The van der Waals surface area contributed by atoms with Gasteiger partial charge in [-0.05, 0) is 24.2 Å². The summed E-state index contributed by atoms with van der Waals surface area (Å²) >= 11 is 0. The maximum atomic E-state index is 9.14. The van der Waals surface area contributed by atoms with Crippen LogP contribution in [0.25, 0.3) is 0 Å². The van der Waals surface area contributed by atoms with Gasteiger partial charge in [0.25, 0.3) is 0 Å². The van der Waals surface area contributed by atoms with Gasteiger partial charge in [0.05, 0.1) is 0 Å². The quantitative estimate of drug-likeness (QED) is 0.597. The SMILES string of the molecule is C=C1CC(C)(C)CC(C)C1CO. The molecule has 0 saturated heterocycles. The van der Waals surface area contributed by atoms with Gasteiger partial charge in [0.1, 0.15) is 0 Å². The second kappa shape index (κ2) is 3.21. The van der Waals surface area contributed by atoms with E-state index in [1.54, 1.807) is 0 Å². The maximum absolute atomic E-state index is 9.14. The first kappa shape index (κ1) is 9.79. The molecule has 0 radical (unpaired) electrons. The molecule has 0 heterocycles. The lowest BCUT2D eigenvalue weighted by Crippen LogP contribution is -2.31. The van der Waals surface area contributed by atoms with Gasteiger partial charge in [-0.3, -0.25) is 0 Å². The first-order chi connectivity index (χ1) is 5.46. The highest BCUT2D eigenvalue weighted by atomic mass is 16.3. The number of aliphatic hydroxyl groups excluding tert-OH is 1. The Hall–Kier alpha value is -0.300. The van der Waals surface area contributed by atoms with Crippen molar-refractivity contribution in [1.29, 1.82) is 0 Å². The van der Waals surface area contributed by atoms with Gasteiger partial charge in [-0.25, -0.2) is 0 Å². The monoisotopic (exact) mass is 168 g/mol. The highest BCUT2D eigenvalue weighted by Gasteiger charge is 2.34. The molecule has 1 saturated carbocycles. The summed E-state index contributed by atoms with van der Waals surface area (Å²) < 4.78 is 0. The Morgan fingerprint density at radius 2 is 2.17 bits per heavy atom. The molecule has 0 amide bonds. The van der Waals surface area contributed by atoms with E-state index in [0.717, 1.165) is 6.42 Å². The van der Waals surface area contributed by atoms with Gasteiger partial charge >= 0.3 is 0 Å². The largest absolute Gasteiger partial charge is 0.396 e. The smallest absolute Gasteiger partial charge is 0.0498 e. The minimum Gasteiger partial charge on any atom is -0.396 e. The van der Waals surface area contributed by atoms with Crippen LogP contribution < -0.4 is 0 Å². The summed E-state index contributed by atoms with van der Waals surface area (Å²) in [5, 5.41) is 9.14. The molecule has 70 valence electrons. The highest BCUT2D eigenvalue weighted by Crippen LogP contribution is 2.43. The summed E-state index contributed by atoms with van der Waals surface area (Å²) in [6.45, 7) is 11.1. The lowest BCUT2D eigenvalue weighted by Gasteiger charge is -2.40. The first-order valence-corrected chi connectivity index (χ1v) is 4.75. The van der Waals surface area contributed by atoms with Gasteiger partial charge in [-0.15, -0.1) is 0 Å². The van der Waals surface area contributed by atoms with Gasteiger partial charge in [-0.1, -0.05) is 32.9 Å². The van der Waals surface area contributed by atoms with E-state index in [4.69, 9.17) is 5.11 Å². The molecule has 1 nitrogen and oxygen atoms in total. The van der Waals surface area contributed by atoms with E-state index in [0.29, 0.717) is 17.3 Å². The molecule has 0 bridgehead atoms. The lowest BCUT2D eigenvalue weighted by atomic mass is 9.66. The second-order valence-corrected chi connectivity index (χ2v) is 4.97. The van der Waals surface area contributed by atoms with Crippen LogP contribution in [0.3, 0.4) is 0 Å². The van der Waals surface area contributed by atoms with Crippen molar-refractivity contribution in [2.24, 2.45) is 17.3 Å². The van der Waals surface area contributed by atoms with E-state index >= 15 is 0 Å². The Labute approximate surface area is 75.5 Å². The molecular weight excluding hydrogens is 148 g/mol. The van der Waals surface area contributed by atoms with Crippen molar-refractivity contribution in [2.45, 2.75) is 33.6 Å². The normalized spacial score (nSPS) is 35.2. The van der Waals surface area contributed by atoms with Crippen LogP contribution >= 0.6 is 0 Å². The van der Waals surface area contributed by atoms with Crippen LogP contribution in [0.15, 0.2) is 12.2 Å². The Morgan fingerprint density at radius 1 is 1.58 bits per heavy atom. The van der Waals surface area contributed by atoms with Crippen LogP contribution in [0.4, 0.5) is 0 Å². The van der Waals surface area contributed by atoms with Crippen molar-refractivity contribution in [3.05, 3.63) is 12.2 Å². The van der Waals surface area contributed by atoms with Crippen molar-refractivity contribution in [3.63, 3.8) is 0 Å². The third-order valence-corrected chi connectivity index (χ3v) is 2.99. The van der Waals surface area contributed by atoms with Gasteiger partial charge < -0.3 is 5.11 Å². The predicted molar refractivity (Wildman–Crippen MR) is 51.9 cm³/mol. The summed E-state index contributed by atoms with van der Waals surface area (Å²) in [5.74, 6) is 0.935. The van der Waals surface area contributed by atoms with Crippen molar-refractivity contribution in [1.82, 2.24) is 0 Å². The second-order valence-electron chi connectivity index (χ2n) is 4.97. The predicted octanol–water partition coefficient (Wildman–Crippen LogP) is 2.61. The molecule has 2 atom stereocenters. The molecular formula is C11H20O. The van der Waals surface area contributed by atoms with Gasteiger partial charge in [0, 0.05) is 12.5 Å². The first-order valence-electron chi connectivity index (χ1n) is 4.75. The van der Waals surface area contributed by atoms with Crippen LogP contribution in [-0.2, 0) is 0 Å². The zero-order chi connectivity index (χ0) is 9.35. The third-order valence-electron chi connectivity index (χ3n) is 2.99. The fourth-order valence-electron chi connectivity index (χ4n) is 2.54. The lowest BCUT2D eigenvalue weighted by molar-refractivity contribution is 0.128. The average Bonchev–Trinajstić information content (AvgIpc) is 1.82. The molecule has 0 aromatic heterocycles. The molecule has 1 heteroatoms. The number of hydrogen-bond donors (Lipinski definition) is 1. The molecule has 1 fully saturated rings. The van der Waals surface area contributed by atoms with Crippen LogP contribution in [0.2, 0.25) is 0 Å². The van der Waals surface area contributed by atoms with Crippen molar-refractivity contribution in [3.8, 4) is 0 Å². The molecule has 1 N–H and O–H groups in total. The third kappa shape index (κ3) is 1.89. The topological polar surface area (TPSA) is 20.2 Å². The maximum Gasteiger partial charge on any atom is 0.0498 e. The Kier molecular flexibility index (Phi) is 2.62. The molecule has 0 spiro atoms. The van der Waals surface area contributed by atoms with Crippen molar-refractivity contribution >= 4 is 0 Å². The fraction of sp³-hybridized carbons (Fsp3) is 0.818. The van der Waals surface area contributed by atoms with Crippen LogP contribution in [0.1, 0.15) is 33.6 Å². The fourth-order valence-corrected chi connectivity index (χ4v) is 2.54. The molecule has 1 aliphatic rings. The molecule has 0 aromatic carbocycles. The zero-order valence-electron chi connectivity index (χ0n) is 8.43. The van der Waals surface area contributed by atoms with E-state index in [1.165, 1.54) is 12.0 Å². The summed E-state index contributed by atoms with van der Waals surface area (Å²) in [5.41, 5.74) is 1.63. The van der Waals surface area contributed by atoms with E-state index < -0.39 is 0 Å². The summed E-state index contributed by atoms with van der Waals surface area (Å²) in [6.07, 6.45) is 2.28. The summed E-state index contributed by atoms with van der Waals surface area (Å²) in [7, 11) is 0. The summed E-state index contributed by atoms with van der Waals surface area (Å²) in [4.78, 5) is 0. The van der Waals surface area contributed by atoms with E-state index in [1.807, 2.05) is 0 Å². The van der Waals surface area contributed by atoms with Crippen molar-refractivity contribution in [2.75, 3.05) is 6.61 Å². The minimum atomic E-state index is 0.274. The number of rotatable bonds is 1. The molecule has 0 aromatic rings. The number of hydrogen-bond acceptors (Lipinski definition) is 1. The van der Waals surface area contributed by atoms with Crippen LogP contribution in [0, 0.1) is 17.3 Å². The van der Waals surface area contributed by atoms with Crippen LogP contribution in [-0.4, -0.2) is 11.7 Å². The molecule has 0 aliphatic heterocycles. The Morgan fingerprint density at radius 3 is 2.58 bits per heavy atom. The summed E-state index contributed by atoms with van der Waals surface area (Å²) in [6, 6.07) is 0. The van der Waals surface area contributed by atoms with Gasteiger partial charge in [0.15, 0.2) is 0 Å². The molecule has 1 rings (SSSR count). The molecule has 12 heavy (non-hydrogen) atoms. The van der Waals surface area contributed by atoms with Gasteiger partial charge in [-0.2, -0.15) is 0 Å². The van der Waals surface area contributed by atoms with Gasteiger partial charge in [0.2, 0.25) is 0 Å². The highest BCUT2D eigenvalue weighted by molar-refractivity contribution is 5.09. The van der Waals surface area contributed by atoms with E-state index in [9.17, 15) is 0 Å². The molecule has 2 unspecified atom stereocenters. The minimum absolute atomic E-state index is 0.274. The Bertz CT molecular complexity index is 181. The standard InChI is InChI=1S/C11H20O/c1-8-5-11(3,4)6-9(2)10(8)7-12/h9-10,12H,1,5-7H2,2-4H3. The van der Waals surface area contributed by atoms with E-state index in [-0.39, 0.29) is 6.61 Å². The number of aliphatic hydroxyl groups is 1. The molecule has 1 aliphatic carbocycles. The zero-order valence-corrected chi connectivity index (χ0v) is 8.43. The van der Waals surface area contributed by atoms with Crippen molar-refractivity contribution < 1.29 is 5.11 Å². The van der Waals surface area contributed by atoms with E-state index in [2.05, 4.69) is 27.4 Å². The Balaban J connectivity index is 2.70. The van der Waals surface area contributed by atoms with Crippen LogP contribution in [0.5, 0.6) is 0 Å². The average molecular weight is 168 g/mol.